The monoisotopic (exact) mass is 306 g/mol. The van der Waals surface area contributed by atoms with E-state index in [2.05, 4.69) is 5.10 Å². The zero-order valence-electron chi connectivity index (χ0n) is 12.6. The van der Waals surface area contributed by atoms with Crippen LogP contribution in [0.15, 0.2) is 24.3 Å². The quantitative estimate of drug-likeness (QED) is 0.936. The molecule has 0 unspecified atom stereocenters. The van der Waals surface area contributed by atoms with E-state index >= 15 is 0 Å². The van der Waals surface area contributed by atoms with Gasteiger partial charge in [-0.25, -0.2) is 9.48 Å². The molecule has 0 bridgehead atoms. The second-order valence-corrected chi connectivity index (χ2v) is 6.57. The predicted molar refractivity (Wildman–Crippen MR) is 83.2 cm³/mol. The second-order valence-electron chi connectivity index (χ2n) is 6.21. The summed E-state index contributed by atoms with van der Waals surface area (Å²) in [5.74, 6) is -1.04. The number of aromatic nitrogens is 2. The number of nitrogens with zero attached hydrogens (tertiary/aromatic N) is 2. The van der Waals surface area contributed by atoms with Gasteiger partial charge >= 0.3 is 5.97 Å². The lowest BCUT2D eigenvalue weighted by Crippen LogP contribution is -2.17. The van der Waals surface area contributed by atoms with Crippen LogP contribution in [0.5, 0.6) is 0 Å². The molecule has 0 saturated carbocycles. The Morgan fingerprint density at radius 3 is 2.29 bits per heavy atom. The number of carboxylic acid groups (broad SMARTS) is 1. The highest BCUT2D eigenvalue weighted by Crippen LogP contribution is 2.30. The molecular formula is C16H19ClN2O2. The predicted octanol–water partition coefficient (Wildman–Crippen LogP) is 3.89. The lowest BCUT2D eigenvalue weighted by atomic mass is 9.89. The molecule has 0 aliphatic carbocycles. The molecule has 1 N–H and O–H groups in total. The topological polar surface area (TPSA) is 55.1 Å². The number of carboxylic acids is 1. The third kappa shape index (κ3) is 3.27. The van der Waals surface area contributed by atoms with E-state index in [4.69, 9.17) is 11.6 Å². The molecule has 0 radical (unpaired) electrons. The molecule has 112 valence electrons. The largest absolute Gasteiger partial charge is 0.478 e. The molecule has 1 heterocycles. The summed E-state index contributed by atoms with van der Waals surface area (Å²) in [5, 5.41) is 14.0. The second kappa shape index (κ2) is 5.53. The first-order valence-corrected chi connectivity index (χ1v) is 7.13. The van der Waals surface area contributed by atoms with Crippen molar-refractivity contribution < 1.29 is 9.90 Å². The first-order chi connectivity index (χ1) is 9.70. The molecule has 1 aromatic carbocycles. The fourth-order valence-corrected chi connectivity index (χ4v) is 2.39. The lowest BCUT2D eigenvalue weighted by molar-refractivity contribution is 0.0694. The number of rotatable bonds is 3. The zero-order valence-corrected chi connectivity index (χ0v) is 13.4. The van der Waals surface area contributed by atoms with E-state index in [1.165, 1.54) is 5.56 Å². The van der Waals surface area contributed by atoms with Gasteiger partial charge in [-0.3, -0.25) is 0 Å². The molecule has 0 amide bonds. The normalized spacial score (nSPS) is 11.7. The van der Waals surface area contributed by atoms with Crippen molar-refractivity contribution in [2.45, 2.75) is 39.7 Å². The Morgan fingerprint density at radius 1 is 1.29 bits per heavy atom. The van der Waals surface area contributed by atoms with E-state index in [1.807, 2.05) is 52.0 Å². The van der Waals surface area contributed by atoms with Crippen LogP contribution in [0.3, 0.4) is 0 Å². The highest BCUT2D eigenvalue weighted by molar-refractivity contribution is 6.32. The summed E-state index contributed by atoms with van der Waals surface area (Å²) in [5.41, 5.74) is 2.42. The molecule has 4 nitrogen and oxygen atoms in total. The highest BCUT2D eigenvalue weighted by atomic mass is 35.5. The van der Waals surface area contributed by atoms with Crippen LogP contribution in [-0.4, -0.2) is 20.9 Å². The molecule has 0 aliphatic rings. The maximum Gasteiger partial charge on any atom is 0.340 e. The van der Waals surface area contributed by atoms with Gasteiger partial charge in [0, 0.05) is 5.41 Å². The number of halogens is 1. The molecule has 5 heteroatoms. The fourth-order valence-electron chi connectivity index (χ4n) is 2.13. The number of aromatic carboxylic acids is 1. The van der Waals surface area contributed by atoms with Gasteiger partial charge in [-0.05, 0) is 12.5 Å². The molecule has 0 spiro atoms. The van der Waals surface area contributed by atoms with Crippen LogP contribution in [0, 0.1) is 6.92 Å². The Balaban J connectivity index is 2.45. The van der Waals surface area contributed by atoms with Crippen molar-refractivity contribution in [2.75, 3.05) is 0 Å². The number of hydrogen-bond acceptors (Lipinski definition) is 2. The van der Waals surface area contributed by atoms with E-state index < -0.39 is 5.97 Å². The van der Waals surface area contributed by atoms with Crippen molar-refractivity contribution in [3.63, 3.8) is 0 Å². The van der Waals surface area contributed by atoms with Gasteiger partial charge in [0.25, 0.3) is 0 Å². The smallest absolute Gasteiger partial charge is 0.340 e. The molecule has 0 fully saturated rings. The van der Waals surface area contributed by atoms with Crippen molar-refractivity contribution in [3.8, 4) is 0 Å². The number of hydrogen-bond donors (Lipinski definition) is 1. The van der Waals surface area contributed by atoms with Gasteiger partial charge in [0.2, 0.25) is 0 Å². The van der Waals surface area contributed by atoms with Gasteiger partial charge in [-0.1, -0.05) is 62.2 Å². The number of benzene rings is 1. The SMILES string of the molecule is Cc1ccc(Cn2nc(C(C)(C)C)c(C(=O)O)c2Cl)cc1. The lowest BCUT2D eigenvalue weighted by Gasteiger charge is -2.15. The van der Waals surface area contributed by atoms with Crippen LogP contribution < -0.4 is 0 Å². The average molecular weight is 307 g/mol. The Kier molecular flexibility index (Phi) is 4.10. The molecule has 2 aromatic rings. The molecule has 0 atom stereocenters. The summed E-state index contributed by atoms with van der Waals surface area (Å²) >= 11 is 6.23. The van der Waals surface area contributed by atoms with Gasteiger partial charge in [0.05, 0.1) is 12.2 Å². The maximum absolute atomic E-state index is 11.5. The molecule has 21 heavy (non-hydrogen) atoms. The molecule has 1 aromatic heterocycles. The van der Waals surface area contributed by atoms with Crippen molar-refractivity contribution in [2.24, 2.45) is 0 Å². The Morgan fingerprint density at radius 2 is 1.86 bits per heavy atom. The summed E-state index contributed by atoms with van der Waals surface area (Å²) in [6.07, 6.45) is 0. The Bertz CT molecular complexity index is 667. The summed E-state index contributed by atoms with van der Waals surface area (Å²) in [6, 6.07) is 8.00. The minimum atomic E-state index is -1.04. The minimum Gasteiger partial charge on any atom is -0.478 e. The van der Waals surface area contributed by atoms with E-state index in [9.17, 15) is 9.90 Å². The van der Waals surface area contributed by atoms with Gasteiger partial charge < -0.3 is 5.11 Å². The first-order valence-electron chi connectivity index (χ1n) is 6.76. The van der Waals surface area contributed by atoms with Crippen molar-refractivity contribution in [3.05, 3.63) is 51.8 Å². The van der Waals surface area contributed by atoms with Crippen LogP contribution in [0.2, 0.25) is 5.15 Å². The fraction of sp³-hybridized carbons (Fsp3) is 0.375. The summed E-state index contributed by atoms with van der Waals surface area (Å²) in [6.45, 7) is 8.25. The Labute approximate surface area is 129 Å². The van der Waals surface area contributed by atoms with Gasteiger partial charge in [0.1, 0.15) is 10.7 Å². The molecule has 0 aliphatic heterocycles. The van der Waals surface area contributed by atoms with E-state index in [-0.39, 0.29) is 16.1 Å². The van der Waals surface area contributed by atoms with Crippen LogP contribution in [-0.2, 0) is 12.0 Å². The van der Waals surface area contributed by atoms with Crippen molar-refractivity contribution in [1.29, 1.82) is 0 Å². The van der Waals surface area contributed by atoms with Crippen LogP contribution >= 0.6 is 11.6 Å². The summed E-state index contributed by atoms with van der Waals surface area (Å²) in [4.78, 5) is 11.5. The Hall–Kier alpha value is -1.81. The summed E-state index contributed by atoms with van der Waals surface area (Å²) in [7, 11) is 0. The van der Waals surface area contributed by atoms with Crippen LogP contribution in [0.4, 0.5) is 0 Å². The third-order valence-corrected chi connectivity index (χ3v) is 3.65. The first kappa shape index (κ1) is 15.6. The van der Waals surface area contributed by atoms with E-state index in [0.29, 0.717) is 12.2 Å². The van der Waals surface area contributed by atoms with E-state index in [1.54, 1.807) is 4.68 Å². The number of aryl methyl sites for hydroxylation is 1. The summed E-state index contributed by atoms with van der Waals surface area (Å²) < 4.78 is 1.55. The zero-order chi connectivity index (χ0) is 15.8. The van der Waals surface area contributed by atoms with Gasteiger partial charge in [-0.2, -0.15) is 5.10 Å². The van der Waals surface area contributed by atoms with Gasteiger partial charge in [-0.15, -0.1) is 0 Å². The van der Waals surface area contributed by atoms with Gasteiger partial charge in [0.15, 0.2) is 0 Å². The molecular weight excluding hydrogens is 288 g/mol. The highest BCUT2D eigenvalue weighted by Gasteiger charge is 2.29. The molecule has 0 saturated heterocycles. The standard InChI is InChI=1S/C16H19ClN2O2/c1-10-5-7-11(8-6-10)9-19-14(17)12(15(20)21)13(18-19)16(2,3)4/h5-8H,9H2,1-4H3,(H,20,21). The van der Waals surface area contributed by atoms with Crippen LogP contribution in [0.1, 0.15) is 48.0 Å². The van der Waals surface area contributed by atoms with Crippen LogP contribution in [0.25, 0.3) is 0 Å². The van der Waals surface area contributed by atoms with E-state index in [0.717, 1.165) is 5.56 Å². The van der Waals surface area contributed by atoms with Crippen molar-refractivity contribution >= 4 is 17.6 Å². The minimum absolute atomic E-state index is 0.0938. The third-order valence-electron chi connectivity index (χ3n) is 3.27. The van der Waals surface area contributed by atoms with Crippen molar-refractivity contribution in [1.82, 2.24) is 9.78 Å². The number of carbonyl (C=O) groups is 1. The maximum atomic E-state index is 11.5. The molecule has 2 rings (SSSR count). The average Bonchev–Trinajstić information content (AvgIpc) is 2.70.